The molecule has 51 heavy (non-hydrogen) atoms. The number of hydrogen-bond donors (Lipinski definition) is 5. The first-order chi connectivity index (χ1) is 24.3. The van der Waals surface area contributed by atoms with E-state index in [4.69, 9.17) is 28.4 Å². The van der Waals surface area contributed by atoms with Crippen LogP contribution in [0.5, 0.6) is 17.2 Å². The zero-order chi connectivity index (χ0) is 36.5. The van der Waals surface area contributed by atoms with E-state index in [0.29, 0.717) is 24.0 Å². The van der Waals surface area contributed by atoms with Gasteiger partial charge in [0, 0.05) is 52.3 Å². The lowest BCUT2D eigenvalue weighted by Crippen LogP contribution is -2.51. The fourth-order valence-corrected chi connectivity index (χ4v) is 7.87. The average molecular weight is 709 g/mol. The zero-order valence-electron chi connectivity index (χ0n) is 29.1. The predicted molar refractivity (Wildman–Crippen MR) is 180 cm³/mol. The maximum atomic E-state index is 14.1. The van der Waals surface area contributed by atoms with Crippen LogP contribution in [0.25, 0.3) is 10.8 Å². The molecule has 3 aromatic rings. The highest BCUT2D eigenvalue weighted by molar-refractivity contribution is 6.34. The van der Waals surface area contributed by atoms with Gasteiger partial charge < -0.3 is 54.0 Å². The first-order valence-electron chi connectivity index (χ1n) is 17.4. The molecule has 3 heterocycles. The van der Waals surface area contributed by atoms with Crippen molar-refractivity contribution in [3.8, 4) is 17.2 Å². The van der Waals surface area contributed by atoms with Gasteiger partial charge in [0.1, 0.15) is 29.5 Å². The van der Waals surface area contributed by atoms with Gasteiger partial charge in [0.15, 0.2) is 24.1 Å². The van der Waals surface area contributed by atoms with Gasteiger partial charge in [0.2, 0.25) is 0 Å². The molecule has 3 aliphatic heterocycles. The second-order valence-corrected chi connectivity index (χ2v) is 14.1. The second-order valence-electron chi connectivity index (χ2n) is 14.1. The Hall–Kier alpha value is -3.66. The lowest BCUT2D eigenvalue weighted by Gasteiger charge is -2.43. The highest BCUT2D eigenvalue weighted by Gasteiger charge is 2.44. The van der Waals surface area contributed by atoms with Crippen molar-refractivity contribution < 1.29 is 63.5 Å². The molecule has 4 aliphatic rings. The van der Waals surface area contributed by atoms with Crippen LogP contribution in [0.15, 0.2) is 30.3 Å². The summed E-state index contributed by atoms with van der Waals surface area (Å²) in [4.78, 5) is 28.0. The summed E-state index contributed by atoms with van der Waals surface area (Å²) in [6, 6.07) is 7.76. The van der Waals surface area contributed by atoms with E-state index in [2.05, 4.69) is 0 Å². The molecule has 7 rings (SSSR count). The lowest BCUT2D eigenvalue weighted by atomic mass is 9.79. The number of aliphatic hydroxyl groups is 3. The summed E-state index contributed by atoms with van der Waals surface area (Å²) >= 11 is 0. The normalized spacial score (nSPS) is 33.9. The number of ether oxygens (including phenoxy) is 6. The van der Waals surface area contributed by atoms with Crippen molar-refractivity contribution in [2.75, 3.05) is 7.11 Å². The van der Waals surface area contributed by atoms with Gasteiger partial charge in [-0.1, -0.05) is 6.07 Å². The van der Waals surface area contributed by atoms with E-state index < -0.39 is 78.7 Å². The molecular weight excluding hydrogens is 664 g/mol. The third-order valence-electron chi connectivity index (χ3n) is 10.6. The number of carbonyl (C=O) groups excluding carboxylic acids is 2. The van der Waals surface area contributed by atoms with E-state index in [-0.39, 0.29) is 57.9 Å². The second kappa shape index (κ2) is 13.7. The van der Waals surface area contributed by atoms with Gasteiger partial charge >= 0.3 is 0 Å². The Morgan fingerprint density at radius 3 is 2.14 bits per heavy atom. The molecular formula is C38H44O13. The van der Waals surface area contributed by atoms with Crippen molar-refractivity contribution in [1.29, 1.82) is 0 Å². The van der Waals surface area contributed by atoms with E-state index in [1.54, 1.807) is 26.8 Å². The Kier molecular flexibility index (Phi) is 9.61. The molecule has 0 radical (unpaired) electrons. The number of carbonyl (C=O) groups is 2. The maximum absolute atomic E-state index is 14.1. The Labute approximate surface area is 294 Å². The fourth-order valence-electron chi connectivity index (χ4n) is 7.87. The monoisotopic (exact) mass is 708 g/mol. The molecule has 13 heteroatoms. The Bertz CT molecular complexity index is 1850. The van der Waals surface area contributed by atoms with Gasteiger partial charge in [-0.25, -0.2) is 0 Å². The minimum atomic E-state index is -1.02. The predicted octanol–water partition coefficient (Wildman–Crippen LogP) is 3.71. The molecule has 5 N–H and O–H groups in total. The Morgan fingerprint density at radius 1 is 0.745 bits per heavy atom. The molecule has 0 aromatic heterocycles. The van der Waals surface area contributed by atoms with E-state index in [1.807, 2.05) is 6.92 Å². The number of methoxy groups -OCH3 is 1. The number of ketones is 2. The van der Waals surface area contributed by atoms with Crippen molar-refractivity contribution in [1.82, 2.24) is 0 Å². The Balaban J connectivity index is 1.09. The van der Waals surface area contributed by atoms with E-state index in [9.17, 15) is 35.1 Å². The molecule has 0 saturated carbocycles. The van der Waals surface area contributed by atoms with E-state index >= 15 is 0 Å². The maximum Gasteiger partial charge on any atom is 0.198 e. The third-order valence-corrected chi connectivity index (χ3v) is 10.6. The molecule has 1 aliphatic carbocycles. The van der Waals surface area contributed by atoms with Gasteiger partial charge in [-0.15, -0.1) is 0 Å². The number of aryl methyl sites for hydroxylation is 1. The van der Waals surface area contributed by atoms with Gasteiger partial charge in [-0.3, -0.25) is 9.59 Å². The number of fused-ring (bicyclic) bond motifs is 4. The number of benzene rings is 3. The third kappa shape index (κ3) is 6.29. The highest BCUT2D eigenvalue weighted by Crippen LogP contribution is 2.46. The topological polar surface area (TPSA) is 191 Å². The summed E-state index contributed by atoms with van der Waals surface area (Å²) in [5, 5.41) is 54.4. The number of hydrogen-bond acceptors (Lipinski definition) is 13. The first-order valence-corrected chi connectivity index (χ1v) is 17.4. The van der Waals surface area contributed by atoms with Crippen molar-refractivity contribution in [3.63, 3.8) is 0 Å². The van der Waals surface area contributed by atoms with Gasteiger partial charge in [0.25, 0.3) is 0 Å². The molecule has 0 spiro atoms. The molecule has 3 aromatic carbocycles. The smallest absolute Gasteiger partial charge is 0.198 e. The van der Waals surface area contributed by atoms with Crippen molar-refractivity contribution in [3.05, 3.63) is 63.7 Å². The van der Waals surface area contributed by atoms with Crippen LogP contribution in [0.1, 0.15) is 95.5 Å². The quantitative estimate of drug-likeness (QED) is 0.195. The summed E-state index contributed by atoms with van der Waals surface area (Å²) in [6.45, 7) is 7.00. The van der Waals surface area contributed by atoms with Crippen LogP contribution in [-0.4, -0.2) is 106 Å². The minimum Gasteiger partial charge on any atom is -0.507 e. The van der Waals surface area contributed by atoms with Gasteiger partial charge in [-0.2, -0.15) is 0 Å². The summed E-state index contributed by atoms with van der Waals surface area (Å²) in [7, 11) is 1.43. The Morgan fingerprint density at radius 2 is 1.43 bits per heavy atom. The average Bonchev–Trinajstić information content (AvgIpc) is 3.08. The lowest BCUT2D eigenvalue weighted by molar-refractivity contribution is -0.306. The van der Waals surface area contributed by atoms with Crippen LogP contribution in [0.2, 0.25) is 0 Å². The zero-order valence-corrected chi connectivity index (χ0v) is 29.1. The highest BCUT2D eigenvalue weighted by atomic mass is 16.7. The van der Waals surface area contributed by atoms with Gasteiger partial charge in [0.05, 0.1) is 55.4 Å². The van der Waals surface area contributed by atoms with Crippen molar-refractivity contribution in [2.24, 2.45) is 0 Å². The van der Waals surface area contributed by atoms with Gasteiger partial charge in [-0.05, 0) is 63.9 Å². The number of aromatic hydroxyl groups is 2. The number of phenolic OH excluding ortho intramolecular Hbond substituents is 2. The SMILES string of the molecule is COc1cc2c(c3c(O)cc(C)cc13)C(=O)c1ccc([C@H]3C[C@@H](O[C@H]4CC[C@H](O[C@H]5C[C@@H](O)[C@H](O)[C@@H](C)O5)[C@H](C)O4)[C@H](O)[C@@H](C)O3)c(O)c1C2=O. The first kappa shape index (κ1) is 35.7. The largest absolute Gasteiger partial charge is 0.507 e. The van der Waals surface area contributed by atoms with Crippen LogP contribution in [-0.2, 0) is 23.7 Å². The molecule has 13 nitrogen and oxygen atoms in total. The fraction of sp³-hybridized carbons (Fsp3) is 0.526. The molecule has 0 bridgehead atoms. The van der Waals surface area contributed by atoms with E-state index in [1.165, 1.54) is 31.4 Å². The minimum absolute atomic E-state index is 0.00203. The van der Waals surface area contributed by atoms with Crippen LogP contribution in [0, 0.1) is 6.92 Å². The van der Waals surface area contributed by atoms with Crippen LogP contribution in [0.3, 0.4) is 0 Å². The molecule has 0 amide bonds. The molecule has 3 saturated heterocycles. The summed E-state index contributed by atoms with van der Waals surface area (Å²) in [6.07, 6.45) is -6.68. The molecule has 0 unspecified atom stereocenters. The van der Waals surface area contributed by atoms with Crippen molar-refractivity contribution >= 4 is 22.3 Å². The van der Waals surface area contributed by atoms with Crippen LogP contribution < -0.4 is 4.74 Å². The summed E-state index contributed by atoms with van der Waals surface area (Å²) in [5.41, 5.74) is 0.873. The van der Waals surface area contributed by atoms with E-state index in [0.717, 1.165) is 5.56 Å². The number of rotatable bonds is 6. The molecule has 11 atom stereocenters. The molecule has 3 fully saturated rings. The number of aliphatic hydroxyl groups excluding tert-OH is 3. The van der Waals surface area contributed by atoms with Crippen molar-refractivity contribution in [2.45, 2.75) is 121 Å². The summed E-state index contributed by atoms with van der Waals surface area (Å²) < 4.78 is 35.9. The summed E-state index contributed by atoms with van der Waals surface area (Å²) in [5.74, 6) is -1.39. The molecule has 274 valence electrons. The van der Waals surface area contributed by atoms with Crippen LogP contribution >= 0.6 is 0 Å². The number of phenols is 2. The standard InChI is InChI=1S/C38H44O13/c1-15-10-21-26(46-5)12-22-32(31(21)23(39)11-15)37(44)20-7-6-19(36(43)33(20)38(22)45)27-14-28(35(42)18(4)47-27)51-29-9-8-25(16(2)48-29)50-30-13-24(40)34(41)17(3)49-30/h6-7,10-12,16-18,24-25,27-30,34-35,39-43H,8-9,13-14H2,1-5H3/t16-,17+,18+,24+,25-,27+,28+,29-,30-,34+,35+/m0/s1. The van der Waals surface area contributed by atoms with Crippen LogP contribution in [0.4, 0.5) is 0 Å².